The molecule has 100 valence electrons. The smallest absolute Gasteiger partial charge is 0.168 e. The van der Waals surface area contributed by atoms with Crippen LogP contribution in [0.5, 0.6) is 0 Å². The van der Waals surface area contributed by atoms with E-state index in [4.69, 9.17) is 11.6 Å². The molecule has 1 unspecified atom stereocenters. The fourth-order valence-electron chi connectivity index (χ4n) is 2.33. The lowest BCUT2D eigenvalue weighted by atomic mass is 10.0. The Morgan fingerprint density at radius 3 is 2.70 bits per heavy atom. The summed E-state index contributed by atoms with van der Waals surface area (Å²) in [6.45, 7) is 0. The number of fused-ring (bicyclic) bond motifs is 1. The van der Waals surface area contributed by atoms with Gasteiger partial charge in [-0.15, -0.1) is 0 Å². The van der Waals surface area contributed by atoms with Crippen molar-refractivity contribution < 1.29 is 4.55 Å². The molecule has 0 amide bonds. The van der Waals surface area contributed by atoms with Crippen LogP contribution in [0, 0.1) is 0 Å². The molecule has 0 saturated heterocycles. The van der Waals surface area contributed by atoms with Gasteiger partial charge in [-0.1, -0.05) is 23.7 Å². The zero-order valence-electron chi connectivity index (χ0n) is 10.8. The quantitative estimate of drug-likeness (QED) is 0.662. The average molecular weight is 302 g/mol. The Labute approximate surface area is 125 Å². The second-order valence-electron chi connectivity index (χ2n) is 4.50. The predicted molar refractivity (Wildman–Crippen MR) is 84.5 cm³/mol. The van der Waals surface area contributed by atoms with Crippen LogP contribution in [-0.4, -0.2) is 15.8 Å². The SMILES string of the molecule is C[S+]([O-])c1c(-c2cccnc2)ccc2cc(Cl)ccc12. The van der Waals surface area contributed by atoms with Gasteiger partial charge in [-0.05, 0) is 46.9 Å². The summed E-state index contributed by atoms with van der Waals surface area (Å²) in [5.74, 6) is 0. The zero-order chi connectivity index (χ0) is 14.1. The first-order chi connectivity index (χ1) is 9.66. The van der Waals surface area contributed by atoms with E-state index >= 15 is 0 Å². The lowest BCUT2D eigenvalue weighted by molar-refractivity contribution is 0.602. The Morgan fingerprint density at radius 1 is 1.15 bits per heavy atom. The maximum atomic E-state index is 12.2. The van der Waals surface area contributed by atoms with E-state index in [1.807, 2.05) is 42.5 Å². The van der Waals surface area contributed by atoms with Crippen molar-refractivity contribution in [3.05, 3.63) is 59.9 Å². The van der Waals surface area contributed by atoms with Crippen LogP contribution in [-0.2, 0) is 11.2 Å². The summed E-state index contributed by atoms with van der Waals surface area (Å²) in [5, 5.41) is 2.64. The normalized spacial score (nSPS) is 12.6. The van der Waals surface area contributed by atoms with Gasteiger partial charge in [0.25, 0.3) is 0 Å². The topological polar surface area (TPSA) is 36.0 Å². The van der Waals surface area contributed by atoms with Gasteiger partial charge in [0.1, 0.15) is 6.26 Å². The molecule has 0 fully saturated rings. The Balaban J connectivity index is 2.33. The molecule has 2 aromatic carbocycles. The summed E-state index contributed by atoms with van der Waals surface area (Å²) in [6.07, 6.45) is 5.21. The molecule has 1 aromatic heterocycles. The molecule has 0 saturated carbocycles. The molecule has 0 radical (unpaired) electrons. The van der Waals surface area contributed by atoms with E-state index in [1.165, 1.54) is 0 Å². The van der Waals surface area contributed by atoms with Crippen molar-refractivity contribution >= 4 is 33.5 Å². The molecule has 1 heterocycles. The van der Waals surface area contributed by atoms with Crippen LogP contribution < -0.4 is 0 Å². The standard InChI is InChI=1S/C16H12ClNOS/c1-20(19)16-14-7-5-13(17)9-11(14)4-6-15(16)12-3-2-8-18-10-12/h2-10H,1H3. The Bertz CT molecular complexity index is 759. The molecular formula is C16H12ClNOS. The van der Waals surface area contributed by atoms with Crippen molar-refractivity contribution in [3.63, 3.8) is 0 Å². The molecular weight excluding hydrogens is 290 g/mol. The summed E-state index contributed by atoms with van der Waals surface area (Å²) in [4.78, 5) is 4.96. The van der Waals surface area contributed by atoms with Crippen molar-refractivity contribution in [2.45, 2.75) is 4.90 Å². The number of nitrogens with zero attached hydrogens (tertiary/aromatic N) is 1. The van der Waals surface area contributed by atoms with Crippen LogP contribution in [0.25, 0.3) is 21.9 Å². The van der Waals surface area contributed by atoms with Gasteiger partial charge in [0, 0.05) is 33.9 Å². The highest BCUT2D eigenvalue weighted by Gasteiger charge is 2.17. The Hall–Kier alpha value is -1.55. The molecule has 4 heteroatoms. The first-order valence-electron chi connectivity index (χ1n) is 6.13. The number of benzene rings is 2. The van der Waals surface area contributed by atoms with E-state index in [1.54, 1.807) is 18.6 Å². The Morgan fingerprint density at radius 2 is 2.00 bits per heavy atom. The lowest BCUT2D eigenvalue weighted by Crippen LogP contribution is -2.01. The van der Waals surface area contributed by atoms with E-state index in [-0.39, 0.29) is 0 Å². The minimum Gasteiger partial charge on any atom is -0.612 e. The third-order valence-electron chi connectivity index (χ3n) is 3.19. The van der Waals surface area contributed by atoms with Crippen molar-refractivity contribution in [3.8, 4) is 11.1 Å². The second-order valence-corrected chi connectivity index (χ2v) is 6.26. The van der Waals surface area contributed by atoms with Crippen LogP contribution in [0.3, 0.4) is 0 Å². The minimum absolute atomic E-state index is 0.680. The van der Waals surface area contributed by atoms with Gasteiger partial charge in [0.2, 0.25) is 0 Å². The van der Waals surface area contributed by atoms with Crippen LogP contribution in [0.4, 0.5) is 0 Å². The predicted octanol–water partition coefficient (Wildman–Crippen LogP) is 4.29. The van der Waals surface area contributed by atoms with Gasteiger partial charge in [-0.3, -0.25) is 4.98 Å². The molecule has 0 aliphatic carbocycles. The maximum absolute atomic E-state index is 12.2. The van der Waals surface area contributed by atoms with Crippen molar-refractivity contribution in [2.24, 2.45) is 0 Å². The van der Waals surface area contributed by atoms with Crippen LogP contribution in [0.1, 0.15) is 0 Å². The van der Waals surface area contributed by atoms with E-state index < -0.39 is 11.2 Å². The molecule has 0 spiro atoms. The lowest BCUT2D eigenvalue weighted by Gasteiger charge is -2.13. The molecule has 0 N–H and O–H groups in total. The molecule has 0 aliphatic rings. The molecule has 1 atom stereocenters. The number of halogens is 1. The van der Waals surface area contributed by atoms with E-state index in [0.717, 1.165) is 26.8 Å². The van der Waals surface area contributed by atoms with Gasteiger partial charge < -0.3 is 4.55 Å². The summed E-state index contributed by atoms with van der Waals surface area (Å²) in [6, 6.07) is 13.5. The molecule has 3 aromatic rings. The fourth-order valence-corrected chi connectivity index (χ4v) is 3.50. The van der Waals surface area contributed by atoms with Gasteiger partial charge in [-0.2, -0.15) is 0 Å². The summed E-state index contributed by atoms with van der Waals surface area (Å²) in [5.41, 5.74) is 1.92. The minimum atomic E-state index is -1.09. The number of hydrogen-bond acceptors (Lipinski definition) is 2. The highest BCUT2D eigenvalue weighted by molar-refractivity contribution is 7.91. The summed E-state index contributed by atoms with van der Waals surface area (Å²) in [7, 11) is 0. The van der Waals surface area contributed by atoms with Gasteiger partial charge in [0.05, 0.1) is 0 Å². The first-order valence-corrected chi connectivity index (χ1v) is 8.06. The monoisotopic (exact) mass is 301 g/mol. The third kappa shape index (κ3) is 2.40. The second kappa shape index (κ2) is 5.44. The van der Waals surface area contributed by atoms with Crippen molar-refractivity contribution in [2.75, 3.05) is 6.26 Å². The number of pyridine rings is 1. The van der Waals surface area contributed by atoms with E-state index in [2.05, 4.69) is 4.98 Å². The number of hydrogen-bond donors (Lipinski definition) is 0. The average Bonchev–Trinajstić information content (AvgIpc) is 2.46. The first kappa shape index (κ1) is 13.4. The van der Waals surface area contributed by atoms with Crippen LogP contribution in [0.15, 0.2) is 59.8 Å². The van der Waals surface area contributed by atoms with Crippen LogP contribution in [0.2, 0.25) is 5.02 Å². The molecule has 20 heavy (non-hydrogen) atoms. The fraction of sp³-hybridized carbons (Fsp3) is 0.0625. The summed E-state index contributed by atoms with van der Waals surface area (Å²) < 4.78 is 12.2. The molecule has 0 aliphatic heterocycles. The van der Waals surface area contributed by atoms with Gasteiger partial charge >= 0.3 is 0 Å². The third-order valence-corrected chi connectivity index (χ3v) is 4.44. The maximum Gasteiger partial charge on any atom is 0.168 e. The van der Waals surface area contributed by atoms with Crippen molar-refractivity contribution in [1.82, 2.24) is 4.98 Å². The number of aromatic nitrogens is 1. The Kier molecular flexibility index (Phi) is 3.66. The van der Waals surface area contributed by atoms with Gasteiger partial charge in [0.15, 0.2) is 4.90 Å². The highest BCUT2D eigenvalue weighted by Crippen LogP contribution is 2.34. The van der Waals surface area contributed by atoms with Crippen molar-refractivity contribution in [1.29, 1.82) is 0 Å². The van der Waals surface area contributed by atoms with E-state index in [0.29, 0.717) is 5.02 Å². The molecule has 0 bridgehead atoms. The summed E-state index contributed by atoms with van der Waals surface area (Å²) >= 11 is 4.93. The number of rotatable bonds is 2. The van der Waals surface area contributed by atoms with Gasteiger partial charge in [-0.25, -0.2) is 0 Å². The highest BCUT2D eigenvalue weighted by atomic mass is 35.5. The van der Waals surface area contributed by atoms with Crippen LogP contribution >= 0.6 is 11.6 Å². The molecule has 3 rings (SSSR count). The largest absolute Gasteiger partial charge is 0.612 e. The van der Waals surface area contributed by atoms with E-state index in [9.17, 15) is 4.55 Å². The zero-order valence-corrected chi connectivity index (χ0v) is 12.4. The molecule has 2 nitrogen and oxygen atoms in total.